The summed E-state index contributed by atoms with van der Waals surface area (Å²) in [7, 11) is 1.42. The molecule has 0 amide bonds. The summed E-state index contributed by atoms with van der Waals surface area (Å²) in [5.41, 5.74) is 0.164. The van der Waals surface area contributed by atoms with Crippen LogP contribution < -0.4 is 4.74 Å². The lowest BCUT2D eigenvalue weighted by molar-refractivity contribution is -0.152. The molecule has 0 N–H and O–H groups in total. The summed E-state index contributed by atoms with van der Waals surface area (Å²) < 4.78 is 22.8. The molecule has 0 aliphatic carbocycles. The Balaban J connectivity index is 2.34. The SMILES string of the molecule is COc1ccc(C2CC(=O)OC2=O)c(F)c1. The molecule has 84 valence electrons. The van der Waals surface area contributed by atoms with Crippen LogP contribution in [-0.2, 0) is 14.3 Å². The van der Waals surface area contributed by atoms with E-state index in [-0.39, 0.29) is 12.0 Å². The molecule has 1 saturated heterocycles. The second-order valence-corrected chi connectivity index (χ2v) is 3.44. The van der Waals surface area contributed by atoms with E-state index in [9.17, 15) is 14.0 Å². The number of cyclic esters (lactones) is 2. The van der Waals surface area contributed by atoms with Crippen LogP contribution in [0.4, 0.5) is 4.39 Å². The molecule has 1 fully saturated rings. The van der Waals surface area contributed by atoms with Gasteiger partial charge in [0.15, 0.2) is 0 Å². The van der Waals surface area contributed by atoms with Crippen molar-refractivity contribution in [1.82, 2.24) is 0 Å². The lowest BCUT2D eigenvalue weighted by atomic mass is 9.97. The molecule has 0 aromatic heterocycles. The van der Waals surface area contributed by atoms with Crippen molar-refractivity contribution in [3.8, 4) is 5.75 Å². The maximum Gasteiger partial charge on any atom is 0.321 e. The van der Waals surface area contributed by atoms with E-state index in [1.54, 1.807) is 0 Å². The molecule has 0 saturated carbocycles. The maximum atomic E-state index is 13.6. The van der Waals surface area contributed by atoms with E-state index in [1.165, 1.54) is 25.3 Å². The molecule has 1 aromatic carbocycles. The van der Waals surface area contributed by atoms with Crippen LogP contribution in [0.1, 0.15) is 17.9 Å². The van der Waals surface area contributed by atoms with E-state index in [2.05, 4.69) is 4.74 Å². The molecule has 1 atom stereocenters. The Morgan fingerprint density at radius 2 is 2.19 bits per heavy atom. The largest absolute Gasteiger partial charge is 0.497 e. The fourth-order valence-corrected chi connectivity index (χ4v) is 1.63. The topological polar surface area (TPSA) is 52.6 Å². The number of hydrogen-bond donors (Lipinski definition) is 0. The zero-order chi connectivity index (χ0) is 11.7. The second-order valence-electron chi connectivity index (χ2n) is 3.44. The number of methoxy groups -OCH3 is 1. The molecular weight excluding hydrogens is 215 g/mol. The van der Waals surface area contributed by atoms with Gasteiger partial charge in [0.1, 0.15) is 11.6 Å². The van der Waals surface area contributed by atoms with E-state index in [4.69, 9.17) is 4.74 Å². The van der Waals surface area contributed by atoms with Crippen molar-refractivity contribution in [2.24, 2.45) is 0 Å². The monoisotopic (exact) mass is 224 g/mol. The molecule has 1 aliphatic heterocycles. The molecule has 2 rings (SSSR count). The van der Waals surface area contributed by atoms with E-state index in [1.807, 2.05) is 0 Å². The molecule has 1 aromatic rings. The lowest BCUT2D eigenvalue weighted by Crippen LogP contribution is -2.07. The van der Waals surface area contributed by atoms with Crippen LogP contribution in [0.15, 0.2) is 18.2 Å². The van der Waals surface area contributed by atoms with Crippen molar-refractivity contribution in [3.05, 3.63) is 29.6 Å². The highest BCUT2D eigenvalue weighted by molar-refractivity contribution is 5.97. The van der Waals surface area contributed by atoms with Crippen molar-refractivity contribution >= 4 is 11.9 Å². The van der Waals surface area contributed by atoms with Crippen molar-refractivity contribution in [2.45, 2.75) is 12.3 Å². The van der Waals surface area contributed by atoms with Crippen molar-refractivity contribution in [3.63, 3.8) is 0 Å². The predicted octanol–water partition coefficient (Wildman–Crippen LogP) is 1.39. The Labute approximate surface area is 91.0 Å². The minimum Gasteiger partial charge on any atom is -0.497 e. The van der Waals surface area contributed by atoms with Crippen molar-refractivity contribution < 1.29 is 23.5 Å². The molecule has 0 radical (unpaired) electrons. The highest BCUT2D eigenvalue weighted by Gasteiger charge is 2.36. The Bertz CT molecular complexity index is 455. The quantitative estimate of drug-likeness (QED) is 0.562. The first kappa shape index (κ1) is 10.6. The number of halogens is 1. The third kappa shape index (κ3) is 1.76. The number of hydrogen-bond acceptors (Lipinski definition) is 4. The van der Waals surface area contributed by atoms with Crippen LogP contribution in [0.25, 0.3) is 0 Å². The van der Waals surface area contributed by atoms with Crippen LogP contribution in [0.3, 0.4) is 0 Å². The Morgan fingerprint density at radius 1 is 1.44 bits per heavy atom. The predicted molar refractivity (Wildman–Crippen MR) is 51.4 cm³/mol. The second kappa shape index (κ2) is 3.92. The first-order valence-corrected chi connectivity index (χ1v) is 4.70. The average Bonchev–Trinajstić information content (AvgIpc) is 2.57. The van der Waals surface area contributed by atoms with Gasteiger partial charge in [-0.1, -0.05) is 6.07 Å². The molecule has 1 heterocycles. The highest BCUT2D eigenvalue weighted by atomic mass is 19.1. The standard InChI is InChI=1S/C11H9FO4/c1-15-6-2-3-7(9(12)4-6)8-5-10(13)16-11(8)14/h2-4,8H,5H2,1H3. The van der Waals surface area contributed by atoms with Crippen LogP contribution in [-0.4, -0.2) is 19.0 Å². The van der Waals surface area contributed by atoms with E-state index >= 15 is 0 Å². The number of esters is 2. The number of carbonyl (C=O) groups excluding carboxylic acids is 2. The Kier molecular flexibility index (Phi) is 2.60. The van der Waals surface area contributed by atoms with Crippen LogP contribution in [0, 0.1) is 5.82 Å². The van der Waals surface area contributed by atoms with Gasteiger partial charge in [0.05, 0.1) is 19.4 Å². The van der Waals surface area contributed by atoms with Crippen LogP contribution in [0.5, 0.6) is 5.75 Å². The van der Waals surface area contributed by atoms with Gasteiger partial charge >= 0.3 is 11.9 Å². The minimum atomic E-state index is -0.835. The molecule has 1 unspecified atom stereocenters. The zero-order valence-corrected chi connectivity index (χ0v) is 8.53. The van der Waals surface area contributed by atoms with Gasteiger partial charge < -0.3 is 9.47 Å². The van der Waals surface area contributed by atoms with Gasteiger partial charge in [0.2, 0.25) is 0 Å². The summed E-state index contributed by atoms with van der Waals surface area (Å²) in [4.78, 5) is 22.1. The smallest absolute Gasteiger partial charge is 0.321 e. The van der Waals surface area contributed by atoms with Gasteiger partial charge in [-0.2, -0.15) is 0 Å². The summed E-state index contributed by atoms with van der Waals surface area (Å²) in [6, 6.07) is 4.14. The minimum absolute atomic E-state index is 0.109. The van der Waals surface area contributed by atoms with Gasteiger partial charge in [-0.05, 0) is 6.07 Å². The number of ether oxygens (including phenoxy) is 2. The summed E-state index contributed by atoms with van der Waals surface area (Å²) in [5.74, 6) is -2.37. The molecule has 0 bridgehead atoms. The summed E-state index contributed by atoms with van der Waals surface area (Å²) in [6.07, 6.45) is -0.109. The van der Waals surface area contributed by atoms with Gasteiger partial charge in [0, 0.05) is 11.6 Å². The lowest BCUT2D eigenvalue weighted by Gasteiger charge is -2.07. The van der Waals surface area contributed by atoms with Gasteiger partial charge in [-0.25, -0.2) is 4.39 Å². The van der Waals surface area contributed by atoms with Crippen molar-refractivity contribution in [1.29, 1.82) is 0 Å². The summed E-state index contributed by atoms with van der Waals surface area (Å²) in [5, 5.41) is 0. The van der Waals surface area contributed by atoms with E-state index in [0.29, 0.717) is 5.75 Å². The molecule has 4 nitrogen and oxygen atoms in total. The Morgan fingerprint density at radius 3 is 2.69 bits per heavy atom. The van der Waals surface area contributed by atoms with Crippen molar-refractivity contribution in [2.75, 3.05) is 7.11 Å². The molecule has 5 heteroatoms. The van der Waals surface area contributed by atoms with Gasteiger partial charge in [-0.3, -0.25) is 9.59 Å². The fraction of sp³-hybridized carbons (Fsp3) is 0.273. The highest BCUT2D eigenvalue weighted by Crippen LogP contribution is 2.30. The normalized spacial score (nSPS) is 19.8. The van der Waals surface area contributed by atoms with Crippen LogP contribution >= 0.6 is 0 Å². The number of rotatable bonds is 2. The average molecular weight is 224 g/mol. The molecular formula is C11H9FO4. The zero-order valence-electron chi connectivity index (χ0n) is 8.53. The van der Waals surface area contributed by atoms with Gasteiger partial charge in [-0.15, -0.1) is 0 Å². The molecule has 16 heavy (non-hydrogen) atoms. The number of carbonyl (C=O) groups is 2. The summed E-state index contributed by atoms with van der Waals surface area (Å²) >= 11 is 0. The first-order chi connectivity index (χ1) is 7.61. The number of benzene rings is 1. The summed E-state index contributed by atoms with van der Waals surface area (Å²) in [6.45, 7) is 0. The maximum absolute atomic E-state index is 13.6. The van der Waals surface area contributed by atoms with Gasteiger partial charge in [0.25, 0.3) is 0 Å². The van der Waals surface area contributed by atoms with Crippen LogP contribution in [0.2, 0.25) is 0 Å². The fourth-order valence-electron chi connectivity index (χ4n) is 1.63. The van der Waals surface area contributed by atoms with E-state index in [0.717, 1.165) is 0 Å². The van der Waals surface area contributed by atoms with E-state index < -0.39 is 23.7 Å². The Hall–Kier alpha value is -1.91. The molecule has 1 aliphatic rings. The molecule has 0 spiro atoms. The third-order valence-electron chi connectivity index (χ3n) is 2.45. The third-order valence-corrected chi connectivity index (χ3v) is 2.45. The first-order valence-electron chi connectivity index (χ1n) is 4.70.